The summed E-state index contributed by atoms with van der Waals surface area (Å²) >= 11 is 0. The molecule has 0 aliphatic carbocycles. The molecule has 0 saturated carbocycles. The molecule has 38 valence electrons. The zero-order valence-electron chi connectivity index (χ0n) is 3.93. The van der Waals surface area contributed by atoms with Gasteiger partial charge in [0.15, 0.2) is 0 Å². The van der Waals surface area contributed by atoms with Gasteiger partial charge in [0, 0.05) is 11.6 Å². The minimum atomic E-state index is -0.197. The Morgan fingerprint density at radius 1 is 1.86 bits per heavy atom. The molecule has 3 nitrogen and oxygen atoms in total. The van der Waals surface area contributed by atoms with E-state index >= 15 is 0 Å². The van der Waals surface area contributed by atoms with Crippen LogP contribution >= 0.6 is 0 Å². The third kappa shape index (κ3) is 0.707. The van der Waals surface area contributed by atoms with Crippen LogP contribution in [-0.4, -0.2) is 10.2 Å². The molecule has 0 amide bonds. The molecule has 0 spiro atoms. The van der Waals surface area contributed by atoms with E-state index in [1.807, 2.05) is 0 Å². The SMILES string of the molecule is Cc1cc([O-])n[nH]1. The lowest BCUT2D eigenvalue weighted by molar-refractivity contribution is -0.275. The molecule has 1 rings (SSSR count). The topological polar surface area (TPSA) is 51.7 Å². The second-order valence-corrected chi connectivity index (χ2v) is 1.39. The highest BCUT2D eigenvalue weighted by Crippen LogP contribution is 1.97. The molecule has 1 N–H and O–H groups in total. The molecule has 0 aliphatic heterocycles. The van der Waals surface area contributed by atoms with Crippen LogP contribution in [-0.2, 0) is 0 Å². The van der Waals surface area contributed by atoms with E-state index in [9.17, 15) is 5.11 Å². The molecule has 0 saturated heterocycles. The summed E-state index contributed by atoms with van der Waals surface area (Å²) < 4.78 is 0. The smallest absolute Gasteiger partial charge is 0.0314 e. The predicted molar refractivity (Wildman–Crippen MR) is 22.8 cm³/mol. The lowest BCUT2D eigenvalue weighted by Gasteiger charge is -1.88. The van der Waals surface area contributed by atoms with Crippen molar-refractivity contribution in [1.82, 2.24) is 10.2 Å². The van der Waals surface area contributed by atoms with Gasteiger partial charge in [0.2, 0.25) is 0 Å². The molecule has 0 aromatic carbocycles. The summed E-state index contributed by atoms with van der Waals surface area (Å²) in [5, 5.41) is 16.0. The molecular formula is C4H5N2O-. The van der Waals surface area contributed by atoms with Gasteiger partial charge in [-0.2, -0.15) is 5.10 Å². The maximum atomic E-state index is 10.1. The van der Waals surface area contributed by atoms with Crippen LogP contribution in [0, 0.1) is 6.92 Å². The van der Waals surface area contributed by atoms with Gasteiger partial charge in [0.1, 0.15) is 0 Å². The largest absolute Gasteiger partial charge is 0.857 e. The summed E-state index contributed by atoms with van der Waals surface area (Å²) in [6.45, 7) is 1.79. The highest BCUT2D eigenvalue weighted by Gasteiger charge is 1.79. The van der Waals surface area contributed by atoms with E-state index in [4.69, 9.17) is 0 Å². The third-order valence-corrected chi connectivity index (χ3v) is 0.682. The number of nitrogens with zero attached hydrogens (tertiary/aromatic N) is 1. The minimum absolute atomic E-state index is 0.197. The first kappa shape index (κ1) is 4.18. The second-order valence-electron chi connectivity index (χ2n) is 1.39. The van der Waals surface area contributed by atoms with Crippen LogP contribution in [0.25, 0.3) is 0 Å². The first-order valence-corrected chi connectivity index (χ1v) is 1.98. The molecule has 0 aliphatic rings. The molecule has 1 aromatic heterocycles. The summed E-state index contributed by atoms with van der Waals surface area (Å²) in [4.78, 5) is 0. The first-order valence-electron chi connectivity index (χ1n) is 1.98. The van der Waals surface area contributed by atoms with Gasteiger partial charge < -0.3 is 5.11 Å². The van der Waals surface area contributed by atoms with Gasteiger partial charge in [0.25, 0.3) is 0 Å². The summed E-state index contributed by atoms with van der Waals surface area (Å²) in [5.41, 5.74) is 0.810. The Hall–Kier alpha value is -0.990. The molecule has 3 heteroatoms. The molecular weight excluding hydrogens is 92.1 g/mol. The molecule has 0 fully saturated rings. The van der Waals surface area contributed by atoms with Crippen molar-refractivity contribution < 1.29 is 5.11 Å². The normalized spacial score (nSPS) is 9.29. The van der Waals surface area contributed by atoms with Gasteiger partial charge >= 0.3 is 0 Å². The number of aromatic amines is 1. The fraction of sp³-hybridized carbons (Fsp3) is 0.250. The van der Waals surface area contributed by atoms with Crippen LogP contribution in [0.3, 0.4) is 0 Å². The molecule has 1 aromatic rings. The lowest BCUT2D eigenvalue weighted by atomic mass is 10.5. The number of aromatic nitrogens is 2. The lowest BCUT2D eigenvalue weighted by Crippen LogP contribution is -1.86. The van der Waals surface area contributed by atoms with Gasteiger partial charge in [-0.15, -0.1) is 0 Å². The van der Waals surface area contributed by atoms with Crippen LogP contribution < -0.4 is 5.11 Å². The number of nitrogens with one attached hydrogen (secondary N) is 1. The summed E-state index contributed by atoms with van der Waals surface area (Å²) in [6.07, 6.45) is 0. The van der Waals surface area contributed by atoms with E-state index in [2.05, 4.69) is 10.2 Å². The predicted octanol–water partition coefficient (Wildman–Crippen LogP) is -0.208. The number of hydrogen-bond donors (Lipinski definition) is 1. The number of hydrogen-bond acceptors (Lipinski definition) is 2. The number of rotatable bonds is 0. The van der Waals surface area contributed by atoms with Gasteiger partial charge in [-0.05, 0) is 13.0 Å². The van der Waals surface area contributed by atoms with Crippen LogP contribution in [0.4, 0.5) is 0 Å². The summed E-state index contributed by atoms with van der Waals surface area (Å²) in [5.74, 6) is -0.197. The summed E-state index contributed by atoms with van der Waals surface area (Å²) in [7, 11) is 0. The average molecular weight is 97.1 g/mol. The van der Waals surface area contributed by atoms with Gasteiger partial charge in [0.05, 0.1) is 0 Å². The van der Waals surface area contributed by atoms with Crippen molar-refractivity contribution in [3.8, 4) is 5.88 Å². The van der Waals surface area contributed by atoms with Crippen LogP contribution in [0.1, 0.15) is 5.69 Å². The standard InChI is InChI=1S/C4H6N2O/c1-3-2-4(7)6-5-3/h2H,1H3,(H2,5,6,7)/p-1. The second kappa shape index (κ2) is 1.26. The van der Waals surface area contributed by atoms with E-state index in [0.29, 0.717) is 0 Å². The van der Waals surface area contributed by atoms with Crippen LogP contribution in [0.2, 0.25) is 0 Å². The Morgan fingerprint density at radius 2 is 2.57 bits per heavy atom. The third-order valence-electron chi connectivity index (χ3n) is 0.682. The van der Waals surface area contributed by atoms with E-state index in [-0.39, 0.29) is 5.88 Å². The van der Waals surface area contributed by atoms with Crippen molar-refractivity contribution in [2.75, 3.05) is 0 Å². The number of aryl methyl sites for hydroxylation is 1. The molecule has 0 unspecified atom stereocenters. The van der Waals surface area contributed by atoms with Crippen LogP contribution in [0.5, 0.6) is 5.88 Å². The first-order chi connectivity index (χ1) is 3.29. The van der Waals surface area contributed by atoms with E-state index in [1.165, 1.54) is 6.07 Å². The van der Waals surface area contributed by atoms with Crippen molar-refractivity contribution in [3.05, 3.63) is 11.8 Å². The average Bonchev–Trinajstić information content (AvgIpc) is 1.87. The maximum absolute atomic E-state index is 10.1. The van der Waals surface area contributed by atoms with Gasteiger partial charge in [-0.25, -0.2) is 0 Å². The molecule has 0 atom stereocenters. The number of H-pyrrole nitrogens is 1. The fourth-order valence-electron chi connectivity index (χ4n) is 0.393. The summed E-state index contributed by atoms with van der Waals surface area (Å²) in [6, 6.07) is 1.44. The Labute approximate surface area is 41.0 Å². The highest BCUT2D eigenvalue weighted by atomic mass is 16.3. The molecule has 0 radical (unpaired) electrons. The monoisotopic (exact) mass is 97.0 g/mol. The Balaban J connectivity index is 3.04. The van der Waals surface area contributed by atoms with Crippen molar-refractivity contribution in [3.63, 3.8) is 0 Å². The maximum Gasteiger partial charge on any atom is 0.0314 e. The van der Waals surface area contributed by atoms with Crippen molar-refractivity contribution >= 4 is 0 Å². The Kier molecular flexibility index (Phi) is 0.749. The Bertz CT molecular complexity index is 142. The van der Waals surface area contributed by atoms with Crippen molar-refractivity contribution in [1.29, 1.82) is 0 Å². The molecule has 7 heavy (non-hydrogen) atoms. The highest BCUT2D eigenvalue weighted by molar-refractivity contribution is 5.08. The Morgan fingerprint density at radius 3 is 2.71 bits per heavy atom. The van der Waals surface area contributed by atoms with E-state index in [1.54, 1.807) is 6.92 Å². The molecule has 1 heterocycles. The van der Waals surface area contributed by atoms with E-state index < -0.39 is 0 Å². The van der Waals surface area contributed by atoms with Crippen molar-refractivity contribution in [2.24, 2.45) is 0 Å². The van der Waals surface area contributed by atoms with Crippen LogP contribution in [0.15, 0.2) is 6.07 Å². The van der Waals surface area contributed by atoms with E-state index in [0.717, 1.165) is 5.69 Å². The quantitative estimate of drug-likeness (QED) is 0.487. The molecule has 0 bridgehead atoms. The zero-order chi connectivity index (χ0) is 5.28. The zero-order valence-corrected chi connectivity index (χ0v) is 3.93. The van der Waals surface area contributed by atoms with Crippen molar-refractivity contribution in [2.45, 2.75) is 6.92 Å². The fourth-order valence-corrected chi connectivity index (χ4v) is 0.393. The van der Waals surface area contributed by atoms with Gasteiger partial charge in [-0.3, -0.25) is 5.10 Å². The minimum Gasteiger partial charge on any atom is -0.857 e. The van der Waals surface area contributed by atoms with Gasteiger partial charge in [-0.1, -0.05) is 0 Å².